The van der Waals surface area contributed by atoms with Crippen molar-refractivity contribution in [1.29, 1.82) is 5.26 Å². The van der Waals surface area contributed by atoms with E-state index >= 15 is 0 Å². The molecule has 1 saturated heterocycles. The van der Waals surface area contributed by atoms with Crippen molar-refractivity contribution in [2.24, 2.45) is 0 Å². The largest absolute Gasteiger partial charge is 0.383 e. The predicted molar refractivity (Wildman–Crippen MR) is 121 cm³/mol. The van der Waals surface area contributed by atoms with Crippen molar-refractivity contribution in [1.82, 2.24) is 9.13 Å². The van der Waals surface area contributed by atoms with Crippen LogP contribution < -0.4 is 27.2 Å². The number of nitriles is 1. The summed E-state index contributed by atoms with van der Waals surface area (Å²) in [5.74, 6) is -0.479. The van der Waals surface area contributed by atoms with Crippen LogP contribution in [0.1, 0.15) is 38.2 Å². The number of nitrogens with two attached hydrogens (primary N) is 1. The topological polar surface area (TPSA) is 126 Å². The fourth-order valence-electron chi connectivity index (χ4n) is 3.75. The van der Waals surface area contributed by atoms with Crippen LogP contribution in [0.5, 0.6) is 0 Å². The highest BCUT2D eigenvalue weighted by Crippen LogP contribution is 2.22. The number of carbonyl (C=O) groups is 1. The minimum absolute atomic E-state index is 0.136. The Hall–Kier alpha value is -3.25. The van der Waals surface area contributed by atoms with Gasteiger partial charge in [0.2, 0.25) is 5.91 Å². The van der Waals surface area contributed by atoms with Gasteiger partial charge in [0.1, 0.15) is 24.1 Å². The fraction of sp³-hybridized carbons (Fsp3) is 0.429. The highest BCUT2D eigenvalue weighted by molar-refractivity contribution is 6.31. The number of nitrogen functional groups attached to an aromatic ring is 1. The SMILES string of the molecule is CCCn1c(N)c(N2CCCCC2)c(=O)n(CC(=O)Nc2cc(Cl)ccc2C#N)c1=O. The number of anilines is 3. The van der Waals surface area contributed by atoms with Gasteiger partial charge in [-0.05, 0) is 43.9 Å². The van der Waals surface area contributed by atoms with Crippen molar-refractivity contribution in [2.75, 3.05) is 29.0 Å². The third-order valence-electron chi connectivity index (χ3n) is 5.24. The number of amides is 1. The van der Waals surface area contributed by atoms with Crippen LogP contribution in [0.25, 0.3) is 0 Å². The van der Waals surface area contributed by atoms with E-state index in [2.05, 4.69) is 5.32 Å². The van der Waals surface area contributed by atoms with E-state index in [1.54, 1.807) is 0 Å². The Morgan fingerprint density at radius 3 is 2.58 bits per heavy atom. The molecule has 10 heteroatoms. The molecular weight excluding hydrogens is 420 g/mol. The zero-order chi connectivity index (χ0) is 22.5. The van der Waals surface area contributed by atoms with E-state index in [1.807, 2.05) is 17.9 Å². The number of carbonyl (C=O) groups excluding carboxylic acids is 1. The minimum Gasteiger partial charge on any atom is -0.383 e. The minimum atomic E-state index is -0.633. The van der Waals surface area contributed by atoms with E-state index < -0.39 is 23.7 Å². The van der Waals surface area contributed by atoms with Gasteiger partial charge in [0.25, 0.3) is 5.56 Å². The number of piperidine rings is 1. The van der Waals surface area contributed by atoms with Gasteiger partial charge in [-0.25, -0.2) is 9.36 Å². The first-order valence-corrected chi connectivity index (χ1v) is 10.6. The summed E-state index contributed by atoms with van der Waals surface area (Å²) in [6.07, 6.45) is 3.57. The molecule has 0 spiro atoms. The molecular formula is C21H25ClN6O3. The lowest BCUT2D eigenvalue weighted by molar-refractivity contribution is -0.116. The number of hydrogen-bond donors (Lipinski definition) is 2. The van der Waals surface area contributed by atoms with Gasteiger partial charge in [-0.3, -0.25) is 14.2 Å². The smallest absolute Gasteiger partial charge is 0.333 e. The summed E-state index contributed by atoms with van der Waals surface area (Å²) in [6, 6.07) is 6.43. The Morgan fingerprint density at radius 2 is 1.94 bits per heavy atom. The van der Waals surface area contributed by atoms with E-state index in [0.717, 1.165) is 23.8 Å². The number of nitrogens with one attached hydrogen (secondary N) is 1. The first kappa shape index (κ1) is 22.4. The quantitative estimate of drug-likeness (QED) is 0.703. The van der Waals surface area contributed by atoms with E-state index in [4.69, 9.17) is 17.3 Å². The van der Waals surface area contributed by atoms with Crippen LogP contribution in [0.2, 0.25) is 5.02 Å². The average Bonchev–Trinajstić information content (AvgIpc) is 2.75. The molecule has 0 atom stereocenters. The zero-order valence-corrected chi connectivity index (χ0v) is 18.1. The lowest BCUT2D eigenvalue weighted by Crippen LogP contribution is -2.47. The monoisotopic (exact) mass is 444 g/mol. The average molecular weight is 445 g/mol. The second kappa shape index (κ2) is 9.71. The van der Waals surface area contributed by atoms with Crippen LogP contribution in [0, 0.1) is 11.3 Å². The Labute approximate surface area is 184 Å². The molecule has 31 heavy (non-hydrogen) atoms. The maximum atomic E-state index is 13.2. The summed E-state index contributed by atoms with van der Waals surface area (Å²) in [7, 11) is 0. The normalized spacial score (nSPS) is 13.6. The van der Waals surface area contributed by atoms with Crippen LogP contribution in [0.4, 0.5) is 17.2 Å². The van der Waals surface area contributed by atoms with Crippen molar-refractivity contribution in [3.05, 3.63) is 49.6 Å². The van der Waals surface area contributed by atoms with Crippen LogP contribution in [-0.2, 0) is 17.9 Å². The maximum absolute atomic E-state index is 13.2. The van der Waals surface area contributed by atoms with Crippen molar-refractivity contribution in [2.45, 2.75) is 45.7 Å². The summed E-state index contributed by atoms with van der Waals surface area (Å²) in [6.45, 7) is 3.07. The molecule has 1 aromatic carbocycles. The number of benzene rings is 1. The van der Waals surface area contributed by atoms with Crippen LogP contribution in [0.3, 0.4) is 0 Å². The molecule has 1 aromatic heterocycles. The number of rotatable bonds is 6. The summed E-state index contributed by atoms with van der Waals surface area (Å²) in [5, 5.41) is 12.2. The van der Waals surface area contributed by atoms with E-state index in [1.165, 1.54) is 22.8 Å². The molecule has 0 bridgehead atoms. The highest BCUT2D eigenvalue weighted by atomic mass is 35.5. The molecule has 0 unspecified atom stereocenters. The van der Waals surface area contributed by atoms with Crippen molar-refractivity contribution in [3.63, 3.8) is 0 Å². The molecule has 0 radical (unpaired) electrons. The first-order chi connectivity index (χ1) is 14.9. The van der Waals surface area contributed by atoms with Gasteiger partial charge in [-0.1, -0.05) is 18.5 Å². The Kier molecular flexibility index (Phi) is 7.02. The number of hydrogen-bond acceptors (Lipinski definition) is 6. The van der Waals surface area contributed by atoms with Gasteiger partial charge in [-0.2, -0.15) is 5.26 Å². The lowest BCUT2D eigenvalue weighted by atomic mass is 10.1. The van der Waals surface area contributed by atoms with Gasteiger partial charge in [0.05, 0.1) is 11.3 Å². The molecule has 1 aliphatic heterocycles. The van der Waals surface area contributed by atoms with Gasteiger partial charge in [0, 0.05) is 24.7 Å². The Bertz CT molecular complexity index is 1140. The third-order valence-corrected chi connectivity index (χ3v) is 5.48. The Morgan fingerprint density at radius 1 is 1.23 bits per heavy atom. The second-order valence-electron chi connectivity index (χ2n) is 7.46. The van der Waals surface area contributed by atoms with E-state index in [9.17, 15) is 19.6 Å². The van der Waals surface area contributed by atoms with Gasteiger partial charge in [0.15, 0.2) is 0 Å². The van der Waals surface area contributed by atoms with Crippen molar-refractivity contribution >= 4 is 34.7 Å². The molecule has 3 N–H and O–H groups in total. The third kappa shape index (κ3) is 4.75. The molecule has 1 amide bonds. The Balaban J connectivity index is 2.00. The van der Waals surface area contributed by atoms with Gasteiger partial charge >= 0.3 is 5.69 Å². The van der Waals surface area contributed by atoms with Crippen LogP contribution in [0.15, 0.2) is 27.8 Å². The highest BCUT2D eigenvalue weighted by Gasteiger charge is 2.24. The molecule has 2 heterocycles. The second-order valence-corrected chi connectivity index (χ2v) is 7.89. The summed E-state index contributed by atoms with van der Waals surface area (Å²) in [4.78, 5) is 40.8. The van der Waals surface area contributed by atoms with E-state index in [-0.39, 0.29) is 22.8 Å². The number of aromatic nitrogens is 2. The summed E-state index contributed by atoms with van der Waals surface area (Å²) < 4.78 is 2.25. The molecule has 0 saturated carbocycles. The summed E-state index contributed by atoms with van der Waals surface area (Å²) >= 11 is 5.96. The number of nitrogens with zero attached hydrogens (tertiary/aromatic N) is 4. The molecule has 3 rings (SSSR count). The van der Waals surface area contributed by atoms with Gasteiger partial charge in [-0.15, -0.1) is 0 Å². The molecule has 1 fully saturated rings. The summed E-state index contributed by atoms with van der Waals surface area (Å²) in [5.41, 5.74) is 5.72. The van der Waals surface area contributed by atoms with Gasteiger partial charge < -0.3 is 16.0 Å². The maximum Gasteiger partial charge on any atom is 0.333 e. The van der Waals surface area contributed by atoms with Crippen LogP contribution >= 0.6 is 11.6 Å². The van der Waals surface area contributed by atoms with Crippen molar-refractivity contribution in [3.8, 4) is 6.07 Å². The molecule has 9 nitrogen and oxygen atoms in total. The predicted octanol–water partition coefficient (Wildman–Crippen LogP) is 2.16. The first-order valence-electron chi connectivity index (χ1n) is 10.2. The standard InChI is InChI=1S/C21H25ClN6O3/c1-2-8-27-19(24)18(26-9-4-3-5-10-26)20(30)28(21(27)31)13-17(29)25-16-11-15(22)7-6-14(16)12-23/h6-7,11H,2-5,8-10,13,24H2,1H3,(H,25,29). The van der Waals surface area contributed by atoms with E-state index in [0.29, 0.717) is 31.1 Å². The molecule has 2 aromatic rings. The fourth-order valence-corrected chi connectivity index (χ4v) is 3.92. The van der Waals surface area contributed by atoms with Crippen LogP contribution in [-0.4, -0.2) is 28.1 Å². The molecule has 1 aliphatic rings. The molecule has 164 valence electrons. The molecule has 0 aliphatic carbocycles. The number of halogens is 1. The zero-order valence-electron chi connectivity index (χ0n) is 17.4. The van der Waals surface area contributed by atoms with Crippen molar-refractivity contribution < 1.29 is 4.79 Å². The lowest BCUT2D eigenvalue weighted by Gasteiger charge is -2.30.